The fraction of sp³-hybridized carbons (Fsp3) is 0.875. The zero-order valence-electron chi connectivity index (χ0n) is 14.2. The summed E-state index contributed by atoms with van der Waals surface area (Å²) in [6.07, 6.45) is 11.9. The van der Waals surface area contributed by atoms with E-state index in [1.54, 1.807) is 5.20 Å². The molecule has 1 nitrogen and oxygen atoms in total. The Balaban J connectivity index is 4.13. The molecule has 0 aromatic rings. The molecule has 0 bridgehead atoms. The van der Waals surface area contributed by atoms with Gasteiger partial charge in [-0.3, -0.25) is 0 Å². The molecular formula is C16H36OSi2. The van der Waals surface area contributed by atoms with Gasteiger partial charge in [0.15, 0.2) is 8.32 Å². The molecule has 0 heterocycles. The predicted molar refractivity (Wildman–Crippen MR) is 93.9 cm³/mol. The number of allylic oxidation sites excluding steroid dienone is 2. The van der Waals surface area contributed by atoms with E-state index in [0.717, 1.165) is 6.04 Å². The van der Waals surface area contributed by atoms with E-state index in [4.69, 9.17) is 0 Å². The zero-order valence-corrected chi connectivity index (χ0v) is 16.2. The number of unbranched alkanes of at least 4 members (excludes halogenated alkanes) is 6. The summed E-state index contributed by atoms with van der Waals surface area (Å²) in [5.41, 5.74) is 0. The minimum absolute atomic E-state index is 0.985. The van der Waals surface area contributed by atoms with Crippen molar-refractivity contribution in [3.05, 3.63) is 11.3 Å². The summed E-state index contributed by atoms with van der Waals surface area (Å²) in [6, 6.07) is 0.985. The molecule has 0 rings (SSSR count). The Kier molecular flexibility index (Phi) is 9.20. The lowest BCUT2D eigenvalue weighted by Crippen LogP contribution is -2.33. The summed E-state index contributed by atoms with van der Waals surface area (Å²) in [4.78, 5) is 10.2. The van der Waals surface area contributed by atoms with Crippen molar-refractivity contribution in [2.24, 2.45) is 0 Å². The predicted octanol–water partition coefficient (Wildman–Crippen LogP) is 5.74. The number of hydrogen-bond donors (Lipinski definition) is 1. The summed E-state index contributed by atoms with van der Waals surface area (Å²) in [6.45, 7) is 13.6. The number of rotatable bonds is 10. The SMILES string of the molecule is CCCCCCCC/C=C(/C[Si](C)(C)O)[Si](C)(C)C. The van der Waals surface area contributed by atoms with E-state index in [0.29, 0.717) is 0 Å². The third-order valence-electron chi connectivity index (χ3n) is 3.53. The van der Waals surface area contributed by atoms with Crippen molar-refractivity contribution < 1.29 is 4.80 Å². The van der Waals surface area contributed by atoms with Crippen LogP contribution in [-0.2, 0) is 0 Å². The highest BCUT2D eigenvalue weighted by atomic mass is 28.4. The average molecular weight is 301 g/mol. The van der Waals surface area contributed by atoms with Gasteiger partial charge in [-0.2, -0.15) is 0 Å². The third-order valence-corrected chi connectivity index (χ3v) is 7.44. The minimum atomic E-state index is -1.95. The van der Waals surface area contributed by atoms with E-state index in [-0.39, 0.29) is 0 Å². The van der Waals surface area contributed by atoms with Gasteiger partial charge in [-0.15, -0.1) is 0 Å². The van der Waals surface area contributed by atoms with E-state index in [1.165, 1.54) is 44.9 Å². The Morgan fingerprint density at radius 3 is 1.89 bits per heavy atom. The molecule has 0 aliphatic rings. The monoisotopic (exact) mass is 300 g/mol. The normalized spacial score (nSPS) is 13.9. The van der Waals surface area contributed by atoms with Crippen LogP contribution in [0, 0.1) is 0 Å². The molecule has 0 saturated heterocycles. The standard InChI is InChI=1S/C16H36OSi2/c1-7-8-9-10-11-12-13-14-16(18(2,3)4)15-19(5,6)17/h14,17H,7-13,15H2,1-6H3/b16-14-. The van der Waals surface area contributed by atoms with Crippen molar-refractivity contribution in [3.63, 3.8) is 0 Å². The van der Waals surface area contributed by atoms with Crippen molar-refractivity contribution in [1.29, 1.82) is 0 Å². The molecular weight excluding hydrogens is 264 g/mol. The van der Waals surface area contributed by atoms with Crippen LogP contribution in [0.1, 0.15) is 51.9 Å². The molecule has 0 aromatic carbocycles. The van der Waals surface area contributed by atoms with Crippen LogP contribution in [0.3, 0.4) is 0 Å². The Hall–Kier alpha value is 0.134. The second kappa shape index (κ2) is 9.14. The zero-order chi connectivity index (χ0) is 14.9. The van der Waals surface area contributed by atoms with Crippen LogP contribution in [0.15, 0.2) is 11.3 Å². The maximum absolute atomic E-state index is 10.2. The molecule has 0 saturated carbocycles. The van der Waals surface area contributed by atoms with E-state index in [1.807, 2.05) is 0 Å². The van der Waals surface area contributed by atoms with E-state index in [2.05, 4.69) is 45.7 Å². The lowest BCUT2D eigenvalue weighted by molar-refractivity contribution is 0.553. The molecule has 0 aliphatic carbocycles. The van der Waals surface area contributed by atoms with E-state index < -0.39 is 16.4 Å². The van der Waals surface area contributed by atoms with E-state index >= 15 is 0 Å². The van der Waals surface area contributed by atoms with Crippen LogP contribution in [0.5, 0.6) is 0 Å². The Bertz CT molecular complexity index is 259. The summed E-state index contributed by atoms with van der Waals surface area (Å²) in [7, 11) is -3.19. The molecule has 0 fully saturated rings. The van der Waals surface area contributed by atoms with Crippen LogP contribution in [0.4, 0.5) is 0 Å². The molecule has 19 heavy (non-hydrogen) atoms. The highest BCUT2D eigenvalue weighted by Gasteiger charge is 2.26. The average Bonchev–Trinajstić information content (AvgIpc) is 2.23. The van der Waals surface area contributed by atoms with Gasteiger partial charge in [-0.1, -0.05) is 69.9 Å². The van der Waals surface area contributed by atoms with E-state index in [9.17, 15) is 4.80 Å². The molecule has 0 aromatic heterocycles. The fourth-order valence-electron chi connectivity index (χ4n) is 2.31. The highest BCUT2D eigenvalue weighted by molar-refractivity contribution is 6.85. The van der Waals surface area contributed by atoms with Gasteiger partial charge in [-0.25, -0.2) is 0 Å². The molecule has 114 valence electrons. The second-order valence-electron chi connectivity index (χ2n) is 7.53. The lowest BCUT2D eigenvalue weighted by Gasteiger charge is -2.26. The van der Waals surface area contributed by atoms with Crippen LogP contribution >= 0.6 is 0 Å². The number of hydrogen-bond acceptors (Lipinski definition) is 1. The van der Waals surface area contributed by atoms with Gasteiger partial charge in [0.25, 0.3) is 0 Å². The van der Waals surface area contributed by atoms with Crippen LogP contribution < -0.4 is 0 Å². The topological polar surface area (TPSA) is 20.2 Å². The van der Waals surface area contributed by atoms with Gasteiger partial charge in [-0.05, 0) is 32.0 Å². The van der Waals surface area contributed by atoms with Crippen molar-refractivity contribution in [3.8, 4) is 0 Å². The van der Waals surface area contributed by atoms with Crippen molar-refractivity contribution in [1.82, 2.24) is 0 Å². The Labute approximate surface area is 123 Å². The first-order chi connectivity index (χ1) is 8.67. The molecule has 0 atom stereocenters. The van der Waals surface area contributed by atoms with Gasteiger partial charge in [0.2, 0.25) is 0 Å². The lowest BCUT2D eigenvalue weighted by atomic mass is 10.1. The molecule has 1 N–H and O–H groups in total. The van der Waals surface area contributed by atoms with Crippen molar-refractivity contribution >= 4 is 16.4 Å². The first-order valence-electron chi connectivity index (χ1n) is 8.08. The smallest absolute Gasteiger partial charge is 0.186 e. The van der Waals surface area contributed by atoms with Crippen molar-refractivity contribution in [2.45, 2.75) is 90.6 Å². The van der Waals surface area contributed by atoms with Gasteiger partial charge in [0.05, 0.1) is 8.07 Å². The molecule has 0 radical (unpaired) electrons. The summed E-state index contributed by atoms with van der Waals surface area (Å²) in [5, 5.41) is 1.60. The Morgan fingerprint density at radius 1 is 0.895 bits per heavy atom. The van der Waals surface area contributed by atoms with Gasteiger partial charge in [0.1, 0.15) is 0 Å². The largest absolute Gasteiger partial charge is 0.432 e. The first kappa shape index (κ1) is 19.1. The second-order valence-corrected chi connectivity index (χ2v) is 16.6. The maximum Gasteiger partial charge on any atom is 0.186 e. The van der Waals surface area contributed by atoms with Gasteiger partial charge >= 0.3 is 0 Å². The van der Waals surface area contributed by atoms with Gasteiger partial charge < -0.3 is 4.80 Å². The molecule has 0 aliphatic heterocycles. The summed E-state index contributed by atoms with van der Waals surface area (Å²) in [5.74, 6) is 0. The minimum Gasteiger partial charge on any atom is -0.432 e. The highest BCUT2D eigenvalue weighted by Crippen LogP contribution is 2.25. The Morgan fingerprint density at radius 2 is 1.42 bits per heavy atom. The fourth-order valence-corrected chi connectivity index (χ4v) is 7.56. The van der Waals surface area contributed by atoms with Crippen molar-refractivity contribution in [2.75, 3.05) is 0 Å². The molecule has 0 amide bonds. The van der Waals surface area contributed by atoms with Crippen LogP contribution in [0.2, 0.25) is 38.8 Å². The molecule has 0 spiro atoms. The quantitative estimate of drug-likeness (QED) is 0.403. The van der Waals surface area contributed by atoms with Crippen LogP contribution in [-0.4, -0.2) is 21.2 Å². The molecule has 0 unspecified atom stereocenters. The third kappa shape index (κ3) is 11.6. The summed E-state index contributed by atoms with van der Waals surface area (Å²) < 4.78 is 0. The maximum atomic E-state index is 10.2. The molecule has 3 heteroatoms. The van der Waals surface area contributed by atoms with Gasteiger partial charge in [0, 0.05) is 0 Å². The summed E-state index contributed by atoms with van der Waals surface area (Å²) >= 11 is 0. The first-order valence-corrected chi connectivity index (χ1v) is 14.7. The van der Waals surface area contributed by atoms with Crippen LogP contribution in [0.25, 0.3) is 0 Å².